The molecule has 1 fully saturated rings. The van der Waals surface area contributed by atoms with Gasteiger partial charge in [0.25, 0.3) is 0 Å². The van der Waals surface area contributed by atoms with Crippen LogP contribution in [0, 0.1) is 5.82 Å². The first-order valence-corrected chi connectivity index (χ1v) is 4.79. The van der Waals surface area contributed by atoms with Gasteiger partial charge in [0, 0.05) is 26.2 Å². The van der Waals surface area contributed by atoms with E-state index in [1.165, 1.54) is 0 Å². The van der Waals surface area contributed by atoms with E-state index in [2.05, 4.69) is 15.3 Å². The number of nitrogens with one attached hydrogen (secondary N) is 1. The maximum Gasteiger partial charge on any atom is 0.224 e. The maximum atomic E-state index is 13.3. The van der Waals surface area contributed by atoms with Gasteiger partial charge in [-0.25, -0.2) is 9.37 Å². The number of aromatic nitrogens is 2. The van der Waals surface area contributed by atoms with Crippen molar-refractivity contribution in [3.8, 4) is 0 Å². The Labute approximate surface area is 86.1 Å². The van der Waals surface area contributed by atoms with E-state index in [9.17, 15) is 4.39 Å². The lowest BCUT2D eigenvalue weighted by atomic mass is 10.3. The monoisotopic (exact) mass is 216 g/mol. The SMILES string of the molecule is Fc1cnc(Cl)nc1N1CCNCC1. The van der Waals surface area contributed by atoms with E-state index in [4.69, 9.17) is 11.6 Å². The second-order valence-corrected chi connectivity index (χ2v) is 3.39. The lowest BCUT2D eigenvalue weighted by Crippen LogP contribution is -2.44. The summed E-state index contributed by atoms with van der Waals surface area (Å²) in [6.45, 7) is 3.15. The molecule has 6 heteroatoms. The molecule has 0 saturated carbocycles. The van der Waals surface area contributed by atoms with E-state index in [0.29, 0.717) is 5.82 Å². The summed E-state index contributed by atoms with van der Waals surface area (Å²) in [6.07, 6.45) is 1.10. The van der Waals surface area contributed by atoms with Gasteiger partial charge in [0.1, 0.15) is 0 Å². The normalized spacial score (nSPS) is 17.1. The molecule has 0 aliphatic carbocycles. The molecule has 0 bridgehead atoms. The number of hydrogen-bond acceptors (Lipinski definition) is 4. The summed E-state index contributed by atoms with van der Waals surface area (Å²) >= 11 is 5.60. The average Bonchev–Trinajstić information content (AvgIpc) is 2.23. The minimum Gasteiger partial charge on any atom is -0.351 e. The molecule has 76 valence electrons. The molecular weight excluding hydrogens is 207 g/mol. The first-order valence-electron chi connectivity index (χ1n) is 4.41. The van der Waals surface area contributed by atoms with Crippen LogP contribution in [0.5, 0.6) is 0 Å². The molecule has 0 aromatic carbocycles. The van der Waals surface area contributed by atoms with E-state index in [1.54, 1.807) is 0 Å². The number of rotatable bonds is 1. The fourth-order valence-electron chi connectivity index (χ4n) is 1.44. The Morgan fingerprint density at radius 3 is 2.86 bits per heavy atom. The zero-order valence-electron chi connectivity index (χ0n) is 7.50. The number of nitrogens with zero attached hydrogens (tertiary/aromatic N) is 3. The van der Waals surface area contributed by atoms with Crippen LogP contribution in [0.3, 0.4) is 0 Å². The Hall–Kier alpha value is -0.940. The largest absolute Gasteiger partial charge is 0.351 e. The lowest BCUT2D eigenvalue weighted by molar-refractivity contribution is 0.555. The Morgan fingerprint density at radius 1 is 1.43 bits per heavy atom. The van der Waals surface area contributed by atoms with Crippen LogP contribution in [0.4, 0.5) is 10.2 Å². The second kappa shape index (κ2) is 4.06. The molecule has 1 aromatic rings. The molecule has 0 spiro atoms. The minimum absolute atomic E-state index is 0.0833. The van der Waals surface area contributed by atoms with Crippen molar-refractivity contribution in [2.75, 3.05) is 31.1 Å². The maximum absolute atomic E-state index is 13.3. The van der Waals surface area contributed by atoms with Gasteiger partial charge in [-0.1, -0.05) is 0 Å². The highest BCUT2D eigenvalue weighted by molar-refractivity contribution is 6.28. The third-order valence-corrected chi connectivity index (χ3v) is 2.29. The van der Waals surface area contributed by atoms with Crippen LogP contribution in [0.1, 0.15) is 0 Å². The van der Waals surface area contributed by atoms with E-state index in [0.717, 1.165) is 32.4 Å². The molecule has 1 aliphatic heterocycles. The molecule has 2 heterocycles. The molecule has 1 aliphatic rings. The second-order valence-electron chi connectivity index (χ2n) is 3.05. The summed E-state index contributed by atoms with van der Waals surface area (Å²) in [7, 11) is 0. The Balaban J connectivity index is 2.24. The number of anilines is 1. The van der Waals surface area contributed by atoms with Crippen molar-refractivity contribution < 1.29 is 4.39 Å². The Morgan fingerprint density at radius 2 is 2.14 bits per heavy atom. The van der Waals surface area contributed by atoms with E-state index in [1.807, 2.05) is 4.90 Å². The third kappa shape index (κ3) is 1.93. The van der Waals surface area contributed by atoms with Gasteiger partial charge < -0.3 is 10.2 Å². The molecule has 4 nitrogen and oxygen atoms in total. The highest BCUT2D eigenvalue weighted by atomic mass is 35.5. The molecule has 0 atom stereocenters. The topological polar surface area (TPSA) is 41.1 Å². The van der Waals surface area contributed by atoms with Crippen molar-refractivity contribution in [1.29, 1.82) is 0 Å². The van der Waals surface area contributed by atoms with Crippen molar-refractivity contribution in [3.05, 3.63) is 17.3 Å². The van der Waals surface area contributed by atoms with Gasteiger partial charge in [0.15, 0.2) is 11.6 Å². The predicted molar refractivity (Wildman–Crippen MR) is 52.1 cm³/mol. The van der Waals surface area contributed by atoms with Crippen LogP contribution < -0.4 is 10.2 Å². The average molecular weight is 217 g/mol. The van der Waals surface area contributed by atoms with Gasteiger partial charge in [-0.15, -0.1) is 0 Å². The van der Waals surface area contributed by atoms with Crippen LogP contribution >= 0.6 is 11.6 Å². The van der Waals surface area contributed by atoms with Crippen LogP contribution in [-0.4, -0.2) is 36.1 Å². The van der Waals surface area contributed by atoms with Crippen molar-refractivity contribution in [2.24, 2.45) is 0 Å². The predicted octanol–water partition coefficient (Wildman–Crippen LogP) is 0.679. The fraction of sp³-hybridized carbons (Fsp3) is 0.500. The first kappa shape index (κ1) is 9.61. The molecule has 2 rings (SSSR count). The zero-order valence-corrected chi connectivity index (χ0v) is 8.26. The summed E-state index contributed by atoms with van der Waals surface area (Å²) in [5, 5.41) is 3.26. The molecular formula is C8H10ClFN4. The highest BCUT2D eigenvalue weighted by Crippen LogP contribution is 2.17. The number of halogens is 2. The minimum atomic E-state index is -0.420. The van der Waals surface area contributed by atoms with Gasteiger partial charge >= 0.3 is 0 Å². The van der Waals surface area contributed by atoms with Crippen molar-refractivity contribution in [1.82, 2.24) is 15.3 Å². The molecule has 1 N–H and O–H groups in total. The Bertz CT molecular complexity index is 327. The molecule has 1 saturated heterocycles. The van der Waals surface area contributed by atoms with Crippen LogP contribution in [0.15, 0.2) is 6.20 Å². The summed E-state index contributed by atoms with van der Waals surface area (Å²) in [5.74, 6) is -0.122. The molecule has 14 heavy (non-hydrogen) atoms. The number of hydrogen-bond donors (Lipinski definition) is 1. The van der Waals surface area contributed by atoms with Crippen LogP contribution in [0.25, 0.3) is 0 Å². The zero-order chi connectivity index (χ0) is 9.97. The van der Waals surface area contributed by atoms with Gasteiger partial charge in [0.2, 0.25) is 5.28 Å². The van der Waals surface area contributed by atoms with Crippen LogP contribution in [-0.2, 0) is 0 Å². The van der Waals surface area contributed by atoms with E-state index < -0.39 is 5.82 Å². The smallest absolute Gasteiger partial charge is 0.224 e. The van der Waals surface area contributed by atoms with Crippen LogP contribution in [0.2, 0.25) is 5.28 Å². The molecule has 0 radical (unpaired) electrons. The summed E-state index contributed by atoms with van der Waals surface area (Å²) in [5.41, 5.74) is 0. The quantitative estimate of drug-likeness (QED) is 0.701. The summed E-state index contributed by atoms with van der Waals surface area (Å²) < 4.78 is 13.3. The van der Waals surface area contributed by atoms with E-state index in [-0.39, 0.29) is 5.28 Å². The summed E-state index contributed by atoms with van der Waals surface area (Å²) in [4.78, 5) is 9.31. The fourth-order valence-corrected chi connectivity index (χ4v) is 1.56. The van der Waals surface area contributed by atoms with Crippen molar-refractivity contribution >= 4 is 17.4 Å². The molecule has 1 aromatic heterocycles. The van der Waals surface area contributed by atoms with E-state index >= 15 is 0 Å². The molecule has 0 amide bonds. The summed E-state index contributed by atoms with van der Waals surface area (Å²) in [6, 6.07) is 0. The van der Waals surface area contributed by atoms with Gasteiger partial charge in [-0.3, -0.25) is 0 Å². The van der Waals surface area contributed by atoms with Gasteiger partial charge in [-0.05, 0) is 11.6 Å². The van der Waals surface area contributed by atoms with Crippen molar-refractivity contribution in [2.45, 2.75) is 0 Å². The molecule has 0 unspecified atom stereocenters. The van der Waals surface area contributed by atoms with Gasteiger partial charge in [-0.2, -0.15) is 4.98 Å². The Kier molecular flexibility index (Phi) is 2.79. The first-order chi connectivity index (χ1) is 6.77. The standard InChI is InChI=1S/C8H10ClFN4/c9-8-12-5-6(10)7(13-8)14-3-1-11-2-4-14/h5,11H,1-4H2. The highest BCUT2D eigenvalue weighted by Gasteiger charge is 2.16. The number of piperazine rings is 1. The third-order valence-electron chi connectivity index (χ3n) is 2.11. The van der Waals surface area contributed by atoms with Gasteiger partial charge in [0.05, 0.1) is 6.20 Å². The van der Waals surface area contributed by atoms with Crippen molar-refractivity contribution in [3.63, 3.8) is 0 Å². The lowest BCUT2D eigenvalue weighted by Gasteiger charge is -2.28.